The van der Waals surface area contributed by atoms with Crippen LogP contribution in [0.5, 0.6) is 5.75 Å². The van der Waals surface area contributed by atoms with E-state index in [1.54, 1.807) is 28.6 Å². The number of rotatable bonds is 12. The normalized spacial score (nSPS) is 26.7. The summed E-state index contributed by atoms with van der Waals surface area (Å²) in [6.07, 6.45) is 9.10. The maximum Gasteiger partial charge on any atom is 0.407 e. The number of methoxy groups -OCH3 is 2. The minimum absolute atomic E-state index is 0.0519. The number of carbonyl (C=O) groups is 4. The molecule has 1 saturated carbocycles. The number of nitrogens with zero attached hydrogens (tertiary/aromatic N) is 5. The van der Waals surface area contributed by atoms with E-state index in [2.05, 4.69) is 43.4 Å². The number of hydrogen-bond acceptors (Lipinski definition) is 12. The fourth-order valence-corrected chi connectivity index (χ4v) is 14.5. The van der Waals surface area contributed by atoms with Gasteiger partial charge in [-0.3, -0.25) is 14.2 Å². The Hall–Kier alpha value is -6.77. The molecule has 5 fully saturated rings. The van der Waals surface area contributed by atoms with Gasteiger partial charge in [-0.2, -0.15) is 0 Å². The molecular formula is C58H68FN9O9S. The smallest absolute Gasteiger partial charge is 0.407 e. The van der Waals surface area contributed by atoms with Gasteiger partial charge >= 0.3 is 12.2 Å². The summed E-state index contributed by atoms with van der Waals surface area (Å²) in [5.41, 5.74) is 4.68. The predicted molar refractivity (Wildman–Crippen MR) is 289 cm³/mol. The monoisotopic (exact) mass is 1090 g/mol. The Morgan fingerprint density at radius 1 is 0.692 bits per heavy atom. The van der Waals surface area contributed by atoms with E-state index in [9.17, 15) is 19.2 Å². The second-order valence-electron chi connectivity index (χ2n) is 22.4. The first kappa shape index (κ1) is 52.0. The van der Waals surface area contributed by atoms with Gasteiger partial charge in [-0.1, -0.05) is 6.07 Å². The van der Waals surface area contributed by atoms with Gasteiger partial charge in [0.25, 0.3) is 0 Å². The molecule has 9 atom stereocenters. The maximum absolute atomic E-state index is 17.2. The van der Waals surface area contributed by atoms with Gasteiger partial charge in [0.15, 0.2) is 0 Å². The molecule has 1 aliphatic carbocycles. The topological polar surface area (TPSA) is 207 Å². The Balaban J connectivity index is 0.834. The molecule has 78 heavy (non-hydrogen) atoms. The number of halogens is 1. The lowest BCUT2D eigenvalue weighted by molar-refractivity contribution is -0.139. The highest BCUT2D eigenvalue weighted by molar-refractivity contribution is 7.12. The molecule has 0 bridgehead atoms. The van der Waals surface area contributed by atoms with Crippen LogP contribution in [0, 0.1) is 17.7 Å². The highest BCUT2D eigenvalue weighted by Crippen LogP contribution is 2.51. The molecule has 6 aromatic rings. The minimum atomic E-state index is -0.800. The Morgan fingerprint density at radius 3 is 1.77 bits per heavy atom. The van der Waals surface area contributed by atoms with Gasteiger partial charge in [-0.05, 0) is 152 Å². The number of nitrogens with one attached hydrogen (secondary N) is 4. The SMILES string of the molecule is COC(=O)NC(C(=O)N1CCC[C@H]1c1ncc(-c2cc(F)c3c(c2)OC(c2ccc(C4CC4)s2)n2c-3cc3cc(-c4cnc([C@@H]5CCCN5C(=O)C(NC(=O)OC)C5CC(C)OC(C)C5)[nH]4)ccc32)[nH]1)C1CC(C)OC(C)C1. The van der Waals surface area contributed by atoms with Crippen molar-refractivity contribution in [3.05, 3.63) is 88.1 Å². The molecule has 6 aliphatic rings. The average Bonchev–Trinajstić information content (AvgIpc) is 4.36. The zero-order chi connectivity index (χ0) is 54.1. The summed E-state index contributed by atoms with van der Waals surface area (Å²) in [6, 6.07) is 13.6. The van der Waals surface area contributed by atoms with Gasteiger partial charge in [-0.25, -0.2) is 23.9 Å². The molecule has 18 nitrogen and oxygen atoms in total. The molecule has 4 amide bonds. The van der Waals surface area contributed by atoms with Crippen LogP contribution < -0.4 is 15.4 Å². The van der Waals surface area contributed by atoms with Crippen molar-refractivity contribution in [2.45, 2.75) is 153 Å². The molecule has 20 heteroatoms. The van der Waals surface area contributed by atoms with Crippen LogP contribution in [-0.4, -0.2) is 122 Å². The van der Waals surface area contributed by atoms with E-state index in [1.165, 1.54) is 25.2 Å². The number of H-pyrrole nitrogens is 2. The Labute approximate surface area is 456 Å². The van der Waals surface area contributed by atoms with Crippen LogP contribution in [0.15, 0.2) is 60.9 Å². The number of imidazole rings is 2. The van der Waals surface area contributed by atoms with E-state index in [4.69, 9.17) is 33.7 Å². The summed E-state index contributed by atoms with van der Waals surface area (Å²) in [5, 5.41) is 6.60. The molecule has 12 rings (SSSR count). The average molecular weight is 1090 g/mol. The van der Waals surface area contributed by atoms with E-state index in [1.807, 2.05) is 56.9 Å². The quantitative estimate of drug-likeness (QED) is 0.0907. The standard InChI is InChI=1S/C58H68FN9O9S/c1-29-19-37(20-30(2)75-29)50(64-57(71)73-5)54(69)66-17-7-9-43(66)52-60-27-40(62-52)34-13-14-42-36(23-34)25-45-49-39(59)24-35(26-46(49)77-56(68(42)45)48-16-15-47(78-48)33-11-12-33)41-28-61-53(63-41)44-10-8-18-67(44)55(70)51(65-58(72)74-6)38-21-31(3)76-32(4)22-38/h13-16,23-33,37-38,43-44,50-51,56H,7-12,17-22H2,1-6H3,(H,60,62)(H,61,63)(H,64,71)(H,65,72)/t29?,30?,31?,32?,37?,38?,43-,44-,50?,51?,56?/m0/s1. The van der Waals surface area contributed by atoms with Gasteiger partial charge in [0.05, 0.1) is 96.2 Å². The molecule has 0 spiro atoms. The molecule has 7 unspecified atom stereocenters. The number of likely N-dealkylation sites (tertiary alicyclic amines) is 2. The molecule has 2 aromatic carbocycles. The van der Waals surface area contributed by atoms with Crippen molar-refractivity contribution in [3.63, 3.8) is 0 Å². The lowest BCUT2D eigenvalue weighted by atomic mass is 9.85. The molecular weight excluding hydrogens is 1020 g/mol. The third-order valence-electron chi connectivity index (χ3n) is 16.9. The second-order valence-corrected chi connectivity index (χ2v) is 23.6. The summed E-state index contributed by atoms with van der Waals surface area (Å²) in [4.78, 5) is 76.8. The van der Waals surface area contributed by atoms with Crippen LogP contribution in [0.2, 0.25) is 0 Å². The van der Waals surface area contributed by atoms with Crippen LogP contribution in [0.3, 0.4) is 0 Å². The summed E-state index contributed by atoms with van der Waals surface area (Å²) in [6.45, 7) is 8.99. The first-order chi connectivity index (χ1) is 37.7. The summed E-state index contributed by atoms with van der Waals surface area (Å²) >= 11 is 1.73. The number of aromatic nitrogens is 5. The number of ether oxygens (including phenoxy) is 5. The molecule has 4 N–H and O–H groups in total. The number of fused-ring (bicyclic) bond motifs is 5. The van der Waals surface area contributed by atoms with Crippen LogP contribution in [0.25, 0.3) is 44.7 Å². The number of benzene rings is 2. The Kier molecular flexibility index (Phi) is 14.1. The van der Waals surface area contributed by atoms with Crippen molar-refractivity contribution in [1.29, 1.82) is 0 Å². The number of hydrogen-bond donors (Lipinski definition) is 4. The zero-order valence-corrected chi connectivity index (χ0v) is 45.7. The van der Waals surface area contributed by atoms with E-state index in [0.29, 0.717) is 97.4 Å². The van der Waals surface area contributed by atoms with Crippen molar-refractivity contribution in [1.82, 2.24) is 44.9 Å². The third kappa shape index (κ3) is 9.92. The Bertz CT molecular complexity index is 3240. The van der Waals surface area contributed by atoms with Crippen LogP contribution in [0.1, 0.15) is 138 Å². The number of aromatic amines is 2. The van der Waals surface area contributed by atoms with Crippen molar-refractivity contribution in [3.8, 4) is 39.5 Å². The highest BCUT2D eigenvalue weighted by atomic mass is 32.1. The summed E-state index contributed by atoms with van der Waals surface area (Å²) in [5.74, 6) is 1.11. The molecule has 0 radical (unpaired) electrons. The minimum Gasteiger partial charge on any atom is -0.464 e. The van der Waals surface area contributed by atoms with Crippen LogP contribution in [0.4, 0.5) is 14.0 Å². The largest absolute Gasteiger partial charge is 0.464 e. The first-order valence-corrected chi connectivity index (χ1v) is 28.5. The van der Waals surface area contributed by atoms with Crippen molar-refractivity contribution in [2.24, 2.45) is 11.8 Å². The van der Waals surface area contributed by atoms with Crippen molar-refractivity contribution < 1.29 is 47.3 Å². The fraction of sp³-hybridized carbons (Fsp3) is 0.517. The van der Waals surface area contributed by atoms with Crippen LogP contribution >= 0.6 is 11.3 Å². The van der Waals surface area contributed by atoms with Crippen molar-refractivity contribution in [2.75, 3.05) is 27.3 Å². The molecule has 5 aliphatic heterocycles. The molecule has 9 heterocycles. The molecule has 412 valence electrons. The third-order valence-corrected chi connectivity index (χ3v) is 18.1. The van der Waals surface area contributed by atoms with E-state index >= 15 is 4.39 Å². The van der Waals surface area contributed by atoms with Gasteiger partial charge in [-0.15, -0.1) is 11.3 Å². The summed E-state index contributed by atoms with van der Waals surface area (Å²) < 4.78 is 48.1. The predicted octanol–water partition coefficient (Wildman–Crippen LogP) is 10.3. The Morgan fingerprint density at radius 2 is 1.23 bits per heavy atom. The van der Waals surface area contributed by atoms with E-state index in [-0.39, 0.29) is 60.1 Å². The van der Waals surface area contributed by atoms with Gasteiger partial charge in [0, 0.05) is 34.5 Å². The zero-order valence-electron chi connectivity index (χ0n) is 44.9. The van der Waals surface area contributed by atoms with E-state index in [0.717, 1.165) is 52.7 Å². The van der Waals surface area contributed by atoms with Gasteiger partial charge in [0.2, 0.25) is 18.0 Å². The number of alkyl carbamates (subject to hydrolysis) is 2. The van der Waals surface area contributed by atoms with Gasteiger partial charge < -0.3 is 54.1 Å². The van der Waals surface area contributed by atoms with Crippen LogP contribution in [-0.2, 0) is 28.5 Å². The highest BCUT2D eigenvalue weighted by Gasteiger charge is 2.44. The number of thiophene rings is 1. The molecule has 4 aromatic heterocycles. The van der Waals surface area contributed by atoms with E-state index < -0.39 is 36.3 Å². The number of amides is 4. The number of carbonyl (C=O) groups excluding carboxylic acids is 4. The molecule has 4 saturated heterocycles. The summed E-state index contributed by atoms with van der Waals surface area (Å²) in [7, 11) is 2.60. The maximum atomic E-state index is 17.2. The van der Waals surface area contributed by atoms with Crippen molar-refractivity contribution >= 4 is 46.2 Å². The lowest BCUT2D eigenvalue weighted by Crippen LogP contribution is -2.54. The first-order valence-electron chi connectivity index (χ1n) is 27.7. The van der Waals surface area contributed by atoms with Gasteiger partial charge in [0.1, 0.15) is 35.3 Å². The second kappa shape index (κ2) is 21.1. The lowest BCUT2D eigenvalue weighted by Gasteiger charge is -2.38. The fourth-order valence-electron chi connectivity index (χ4n) is 13.3.